The SMILES string of the molecule is CCCCS(=O)(=O)N1CCC(C(=O)Nc2ccc(N=Nc3ccccc3)cc2)CC1. The van der Waals surface area contributed by atoms with Crippen LogP contribution in [0.25, 0.3) is 0 Å². The van der Waals surface area contributed by atoms with Gasteiger partial charge < -0.3 is 5.32 Å². The summed E-state index contributed by atoms with van der Waals surface area (Å²) in [6.07, 6.45) is 2.61. The minimum atomic E-state index is -3.20. The molecule has 8 heteroatoms. The molecule has 3 rings (SSSR count). The topological polar surface area (TPSA) is 91.2 Å². The summed E-state index contributed by atoms with van der Waals surface area (Å²) < 4.78 is 26.1. The van der Waals surface area contributed by atoms with Crippen LogP contribution in [-0.4, -0.2) is 37.5 Å². The molecule has 0 radical (unpaired) electrons. The highest BCUT2D eigenvalue weighted by Gasteiger charge is 2.30. The van der Waals surface area contributed by atoms with Gasteiger partial charge in [0, 0.05) is 24.7 Å². The second-order valence-electron chi connectivity index (χ2n) is 7.41. The number of hydrogen-bond acceptors (Lipinski definition) is 5. The Morgan fingerprint density at radius 2 is 1.60 bits per heavy atom. The van der Waals surface area contributed by atoms with E-state index in [2.05, 4.69) is 15.5 Å². The minimum absolute atomic E-state index is 0.0701. The van der Waals surface area contributed by atoms with Crippen LogP contribution in [0.15, 0.2) is 64.8 Å². The Morgan fingerprint density at radius 3 is 2.20 bits per heavy atom. The molecule has 1 N–H and O–H groups in total. The lowest BCUT2D eigenvalue weighted by molar-refractivity contribution is -0.120. The number of rotatable bonds is 8. The maximum atomic E-state index is 12.6. The van der Waals surface area contributed by atoms with Gasteiger partial charge in [0.15, 0.2) is 0 Å². The number of nitrogens with zero attached hydrogens (tertiary/aromatic N) is 3. The highest BCUT2D eigenvalue weighted by molar-refractivity contribution is 7.89. The van der Waals surface area contributed by atoms with Crippen LogP contribution in [0.1, 0.15) is 32.6 Å². The lowest BCUT2D eigenvalue weighted by atomic mass is 9.97. The third kappa shape index (κ3) is 6.21. The van der Waals surface area contributed by atoms with Crippen molar-refractivity contribution in [3.63, 3.8) is 0 Å². The fraction of sp³-hybridized carbons (Fsp3) is 0.409. The smallest absolute Gasteiger partial charge is 0.227 e. The molecular formula is C22H28N4O3S. The summed E-state index contributed by atoms with van der Waals surface area (Å²) >= 11 is 0. The molecular weight excluding hydrogens is 400 g/mol. The van der Waals surface area contributed by atoms with E-state index in [0.29, 0.717) is 43.7 Å². The number of benzene rings is 2. The van der Waals surface area contributed by atoms with E-state index in [0.717, 1.165) is 12.1 Å². The summed E-state index contributed by atoms with van der Waals surface area (Å²) in [6, 6.07) is 16.7. The van der Waals surface area contributed by atoms with E-state index in [1.807, 2.05) is 37.3 Å². The number of amides is 1. The molecule has 0 saturated carbocycles. The third-order valence-electron chi connectivity index (χ3n) is 5.15. The van der Waals surface area contributed by atoms with Gasteiger partial charge in [0.1, 0.15) is 0 Å². The van der Waals surface area contributed by atoms with Gasteiger partial charge in [-0.2, -0.15) is 10.2 Å². The molecule has 1 aliphatic heterocycles. The Morgan fingerprint density at radius 1 is 1.00 bits per heavy atom. The van der Waals surface area contributed by atoms with Crippen LogP contribution in [-0.2, 0) is 14.8 Å². The van der Waals surface area contributed by atoms with E-state index in [-0.39, 0.29) is 17.6 Å². The number of hydrogen-bond donors (Lipinski definition) is 1. The predicted octanol–water partition coefficient (Wildman–Crippen LogP) is 4.88. The van der Waals surface area contributed by atoms with E-state index in [9.17, 15) is 13.2 Å². The van der Waals surface area contributed by atoms with Crippen molar-refractivity contribution >= 4 is 33.0 Å². The van der Waals surface area contributed by atoms with Crippen molar-refractivity contribution in [2.75, 3.05) is 24.2 Å². The number of sulfonamides is 1. The van der Waals surface area contributed by atoms with Crippen LogP contribution >= 0.6 is 0 Å². The number of azo groups is 1. The number of nitrogens with one attached hydrogen (secondary N) is 1. The van der Waals surface area contributed by atoms with E-state index in [1.54, 1.807) is 24.3 Å². The molecule has 1 saturated heterocycles. The summed E-state index contributed by atoms with van der Waals surface area (Å²) in [7, 11) is -3.20. The molecule has 0 aromatic heterocycles. The third-order valence-corrected chi connectivity index (χ3v) is 7.10. The molecule has 1 amide bonds. The lowest BCUT2D eigenvalue weighted by Gasteiger charge is -2.30. The van der Waals surface area contributed by atoms with E-state index < -0.39 is 10.0 Å². The normalized spacial score (nSPS) is 16.0. The predicted molar refractivity (Wildman–Crippen MR) is 119 cm³/mol. The quantitative estimate of drug-likeness (QED) is 0.607. The van der Waals surface area contributed by atoms with Crippen molar-refractivity contribution in [2.24, 2.45) is 16.1 Å². The molecule has 160 valence electrons. The summed E-state index contributed by atoms with van der Waals surface area (Å²) in [4.78, 5) is 12.6. The summed E-state index contributed by atoms with van der Waals surface area (Å²) in [6.45, 7) is 2.79. The number of carbonyl (C=O) groups is 1. The molecule has 0 aliphatic carbocycles. The molecule has 7 nitrogen and oxygen atoms in total. The molecule has 1 heterocycles. The van der Waals surface area contributed by atoms with Crippen LogP contribution in [0.2, 0.25) is 0 Å². The van der Waals surface area contributed by atoms with Crippen molar-refractivity contribution in [3.05, 3.63) is 54.6 Å². The number of anilines is 1. The van der Waals surface area contributed by atoms with Crippen LogP contribution in [0.3, 0.4) is 0 Å². The van der Waals surface area contributed by atoms with Crippen molar-refractivity contribution < 1.29 is 13.2 Å². The van der Waals surface area contributed by atoms with Crippen molar-refractivity contribution in [1.82, 2.24) is 4.31 Å². The van der Waals surface area contributed by atoms with Gasteiger partial charge in [-0.1, -0.05) is 31.5 Å². The Balaban J connectivity index is 1.50. The summed E-state index contributed by atoms with van der Waals surface area (Å²) in [5.74, 6) is -0.0618. The molecule has 2 aromatic rings. The van der Waals surface area contributed by atoms with Crippen LogP contribution in [0.4, 0.5) is 17.1 Å². The first-order chi connectivity index (χ1) is 14.5. The number of carbonyl (C=O) groups excluding carboxylic acids is 1. The van der Waals surface area contributed by atoms with Crippen LogP contribution in [0, 0.1) is 5.92 Å². The van der Waals surface area contributed by atoms with Gasteiger partial charge in [0.25, 0.3) is 0 Å². The first-order valence-corrected chi connectivity index (χ1v) is 11.9. The molecule has 2 aromatic carbocycles. The average Bonchev–Trinajstić information content (AvgIpc) is 2.78. The Hall–Kier alpha value is -2.58. The first kappa shape index (κ1) is 22.1. The van der Waals surface area contributed by atoms with Gasteiger partial charge in [-0.15, -0.1) is 0 Å². The lowest BCUT2D eigenvalue weighted by Crippen LogP contribution is -2.42. The summed E-state index contributed by atoms with van der Waals surface area (Å²) in [5.41, 5.74) is 2.16. The van der Waals surface area contributed by atoms with E-state index >= 15 is 0 Å². The number of unbranched alkanes of at least 4 members (excludes halogenated alkanes) is 1. The molecule has 30 heavy (non-hydrogen) atoms. The van der Waals surface area contributed by atoms with Gasteiger partial charge >= 0.3 is 0 Å². The molecule has 0 bridgehead atoms. The van der Waals surface area contributed by atoms with Gasteiger partial charge in [0.05, 0.1) is 17.1 Å². The monoisotopic (exact) mass is 428 g/mol. The minimum Gasteiger partial charge on any atom is -0.326 e. The van der Waals surface area contributed by atoms with Crippen LogP contribution in [0.5, 0.6) is 0 Å². The van der Waals surface area contributed by atoms with Crippen molar-refractivity contribution in [3.8, 4) is 0 Å². The zero-order valence-electron chi connectivity index (χ0n) is 17.2. The highest BCUT2D eigenvalue weighted by atomic mass is 32.2. The molecule has 0 spiro atoms. The molecule has 0 unspecified atom stereocenters. The molecule has 1 aliphatic rings. The van der Waals surface area contributed by atoms with Crippen LogP contribution < -0.4 is 5.32 Å². The zero-order valence-corrected chi connectivity index (χ0v) is 18.0. The van der Waals surface area contributed by atoms with Crippen molar-refractivity contribution in [2.45, 2.75) is 32.6 Å². The maximum absolute atomic E-state index is 12.6. The Bertz CT molecular complexity index is 952. The maximum Gasteiger partial charge on any atom is 0.227 e. The second kappa shape index (κ2) is 10.4. The average molecular weight is 429 g/mol. The van der Waals surface area contributed by atoms with Gasteiger partial charge in [-0.25, -0.2) is 12.7 Å². The fourth-order valence-electron chi connectivity index (χ4n) is 3.32. The van der Waals surface area contributed by atoms with Gasteiger partial charge in [0.2, 0.25) is 15.9 Å². The molecule has 0 atom stereocenters. The standard InChI is InChI=1S/C22H28N4O3S/c1-2-3-17-30(28,29)26-15-13-18(14-16-26)22(27)23-19-9-11-21(12-10-19)25-24-20-7-5-4-6-8-20/h4-12,18H,2-3,13-17H2,1H3,(H,23,27). The highest BCUT2D eigenvalue weighted by Crippen LogP contribution is 2.24. The summed E-state index contributed by atoms with van der Waals surface area (Å²) in [5, 5.41) is 11.3. The first-order valence-electron chi connectivity index (χ1n) is 10.3. The zero-order chi connectivity index (χ0) is 21.4. The second-order valence-corrected chi connectivity index (χ2v) is 9.50. The van der Waals surface area contributed by atoms with E-state index in [1.165, 1.54) is 4.31 Å². The largest absolute Gasteiger partial charge is 0.326 e. The van der Waals surface area contributed by atoms with Gasteiger partial charge in [-0.3, -0.25) is 4.79 Å². The molecule has 1 fully saturated rings. The van der Waals surface area contributed by atoms with E-state index in [4.69, 9.17) is 0 Å². The Kier molecular flexibility index (Phi) is 7.70. The van der Waals surface area contributed by atoms with Crippen molar-refractivity contribution in [1.29, 1.82) is 0 Å². The van der Waals surface area contributed by atoms with Gasteiger partial charge in [-0.05, 0) is 55.7 Å². The fourth-order valence-corrected chi connectivity index (χ4v) is 5.00. The number of piperidine rings is 1. The Labute approximate surface area is 178 Å².